The number of amides is 1. The fraction of sp³-hybridized carbons (Fsp3) is 0.562. The number of morpholine rings is 1. The molecule has 3 rings (SSSR count). The second-order valence-corrected chi connectivity index (χ2v) is 6.46. The molecule has 0 bridgehead atoms. The van der Waals surface area contributed by atoms with E-state index >= 15 is 0 Å². The molecule has 1 saturated heterocycles. The van der Waals surface area contributed by atoms with Crippen LogP contribution >= 0.6 is 11.6 Å². The molecule has 21 heavy (non-hydrogen) atoms. The van der Waals surface area contributed by atoms with Crippen molar-refractivity contribution in [3.8, 4) is 0 Å². The fourth-order valence-corrected chi connectivity index (χ4v) is 3.37. The van der Waals surface area contributed by atoms with Gasteiger partial charge in [0.25, 0.3) is 0 Å². The Kier molecular flexibility index (Phi) is 4.20. The summed E-state index contributed by atoms with van der Waals surface area (Å²) in [7, 11) is 0. The summed E-state index contributed by atoms with van der Waals surface area (Å²) in [5, 5.41) is 0.703. The lowest BCUT2D eigenvalue weighted by Gasteiger charge is -2.37. The Bertz CT molecular complexity index is 512. The lowest BCUT2D eigenvalue weighted by atomic mass is 9.96. The normalized spacial score (nSPS) is 25.0. The minimum atomic E-state index is -0.651. The summed E-state index contributed by atoms with van der Waals surface area (Å²) in [4.78, 5) is 14.5. The van der Waals surface area contributed by atoms with Gasteiger partial charge in [0, 0.05) is 11.6 Å². The molecule has 114 valence electrons. The van der Waals surface area contributed by atoms with E-state index in [1.165, 1.54) is 0 Å². The quantitative estimate of drug-likeness (QED) is 0.913. The first-order valence-electron chi connectivity index (χ1n) is 7.54. The Morgan fingerprint density at radius 3 is 2.62 bits per heavy atom. The maximum atomic E-state index is 12.7. The Morgan fingerprint density at radius 2 is 1.95 bits per heavy atom. The van der Waals surface area contributed by atoms with Crippen molar-refractivity contribution in [3.63, 3.8) is 0 Å². The van der Waals surface area contributed by atoms with E-state index in [1.807, 2.05) is 29.2 Å². The summed E-state index contributed by atoms with van der Waals surface area (Å²) in [5.41, 5.74) is 6.69. The minimum absolute atomic E-state index is 0.0854. The average Bonchev–Trinajstić information content (AvgIpc) is 2.95. The number of benzene rings is 1. The predicted octanol–water partition coefficient (Wildman–Crippen LogP) is 2.51. The molecule has 4 nitrogen and oxygen atoms in total. The van der Waals surface area contributed by atoms with Gasteiger partial charge in [-0.25, -0.2) is 0 Å². The second kappa shape index (κ2) is 5.95. The molecule has 0 aromatic heterocycles. The summed E-state index contributed by atoms with van der Waals surface area (Å²) < 4.78 is 5.80. The SMILES string of the molecule is NC1(C(=O)N2CCOC(c3ccc(Cl)cc3)C2)CCCC1. The molecule has 1 atom stereocenters. The van der Waals surface area contributed by atoms with Crippen LogP contribution in [0, 0.1) is 0 Å². The van der Waals surface area contributed by atoms with Crippen LogP contribution in [0.25, 0.3) is 0 Å². The number of ether oxygens (including phenoxy) is 1. The summed E-state index contributed by atoms with van der Waals surface area (Å²) in [6.45, 7) is 1.75. The molecular weight excluding hydrogens is 288 g/mol. The van der Waals surface area contributed by atoms with Crippen LogP contribution in [0.15, 0.2) is 24.3 Å². The van der Waals surface area contributed by atoms with Gasteiger partial charge in [0.05, 0.1) is 18.7 Å². The van der Waals surface area contributed by atoms with Gasteiger partial charge in [0.1, 0.15) is 6.10 Å². The first-order chi connectivity index (χ1) is 10.1. The van der Waals surface area contributed by atoms with Crippen LogP contribution < -0.4 is 5.73 Å². The van der Waals surface area contributed by atoms with E-state index < -0.39 is 5.54 Å². The highest BCUT2D eigenvalue weighted by Crippen LogP contribution is 2.31. The van der Waals surface area contributed by atoms with Crippen LogP contribution in [0.3, 0.4) is 0 Å². The van der Waals surface area contributed by atoms with E-state index in [0.717, 1.165) is 31.2 Å². The molecule has 1 saturated carbocycles. The lowest BCUT2D eigenvalue weighted by Crippen LogP contribution is -2.56. The zero-order chi connectivity index (χ0) is 14.9. The van der Waals surface area contributed by atoms with Gasteiger partial charge in [0.2, 0.25) is 5.91 Å². The van der Waals surface area contributed by atoms with Crippen LogP contribution in [0.1, 0.15) is 37.4 Å². The standard InChI is InChI=1S/C16H21ClN2O2/c17-13-5-3-12(4-6-13)14-11-19(9-10-21-14)15(20)16(18)7-1-2-8-16/h3-6,14H,1-2,7-11,18H2. The van der Waals surface area contributed by atoms with Crippen LogP contribution in [0.5, 0.6) is 0 Å². The van der Waals surface area contributed by atoms with Crippen molar-refractivity contribution >= 4 is 17.5 Å². The molecule has 0 radical (unpaired) electrons. The van der Waals surface area contributed by atoms with Crippen LogP contribution in [-0.2, 0) is 9.53 Å². The Morgan fingerprint density at radius 1 is 1.29 bits per heavy atom. The number of carbonyl (C=O) groups excluding carboxylic acids is 1. The molecule has 1 aliphatic heterocycles. The van der Waals surface area contributed by atoms with Crippen molar-refractivity contribution in [1.29, 1.82) is 0 Å². The van der Waals surface area contributed by atoms with Crippen LogP contribution in [-0.4, -0.2) is 36.0 Å². The van der Waals surface area contributed by atoms with Crippen molar-refractivity contribution in [2.24, 2.45) is 5.73 Å². The zero-order valence-electron chi connectivity index (χ0n) is 12.1. The maximum absolute atomic E-state index is 12.7. The molecule has 1 amide bonds. The number of halogens is 1. The van der Waals surface area contributed by atoms with E-state index in [4.69, 9.17) is 22.1 Å². The molecule has 2 N–H and O–H groups in total. The van der Waals surface area contributed by atoms with Crippen molar-refractivity contribution in [2.75, 3.05) is 19.7 Å². The van der Waals surface area contributed by atoms with Gasteiger partial charge in [-0.05, 0) is 30.5 Å². The first kappa shape index (κ1) is 14.8. The molecular formula is C16H21ClN2O2. The van der Waals surface area contributed by atoms with Crippen molar-refractivity contribution in [3.05, 3.63) is 34.9 Å². The van der Waals surface area contributed by atoms with E-state index in [-0.39, 0.29) is 12.0 Å². The number of nitrogens with two attached hydrogens (primary N) is 1. The number of hydrogen-bond acceptors (Lipinski definition) is 3. The third-order valence-corrected chi connectivity index (χ3v) is 4.77. The van der Waals surface area contributed by atoms with Gasteiger partial charge in [-0.3, -0.25) is 4.79 Å². The molecule has 2 fully saturated rings. The monoisotopic (exact) mass is 308 g/mol. The van der Waals surface area contributed by atoms with Gasteiger partial charge in [0.15, 0.2) is 0 Å². The molecule has 1 unspecified atom stereocenters. The van der Waals surface area contributed by atoms with Crippen LogP contribution in [0.4, 0.5) is 0 Å². The van der Waals surface area contributed by atoms with E-state index in [2.05, 4.69) is 0 Å². The van der Waals surface area contributed by atoms with Crippen molar-refractivity contribution < 1.29 is 9.53 Å². The second-order valence-electron chi connectivity index (χ2n) is 6.03. The van der Waals surface area contributed by atoms with Crippen molar-refractivity contribution in [1.82, 2.24) is 4.90 Å². The Hall–Kier alpha value is -1.10. The fourth-order valence-electron chi connectivity index (χ4n) is 3.25. The highest BCUT2D eigenvalue weighted by Gasteiger charge is 2.41. The van der Waals surface area contributed by atoms with E-state index in [9.17, 15) is 4.79 Å². The van der Waals surface area contributed by atoms with Crippen molar-refractivity contribution in [2.45, 2.75) is 37.3 Å². The van der Waals surface area contributed by atoms with Gasteiger partial charge in [-0.1, -0.05) is 36.6 Å². The average molecular weight is 309 g/mol. The van der Waals surface area contributed by atoms with Gasteiger partial charge in [-0.2, -0.15) is 0 Å². The molecule has 0 spiro atoms. The predicted molar refractivity (Wildman–Crippen MR) is 82.1 cm³/mol. The number of carbonyl (C=O) groups is 1. The van der Waals surface area contributed by atoms with Gasteiger partial charge in [-0.15, -0.1) is 0 Å². The van der Waals surface area contributed by atoms with Gasteiger partial charge < -0.3 is 15.4 Å². The Labute approximate surface area is 130 Å². The molecule has 1 aliphatic carbocycles. The minimum Gasteiger partial charge on any atom is -0.370 e. The summed E-state index contributed by atoms with van der Waals surface area (Å²) in [6, 6.07) is 7.61. The van der Waals surface area contributed by atoms with E-state index in [1.54, 1.807) is 0 Å². The number of nitrogens with zero attached hydrogens (tertiary/aromatic N) is 1. The molecule has 2 aliphatic rings. The third kappa shape index (κ3) is 3.07. The topological polar surface area (TPSA) is 55.6 Å². The van der Waals surface area contributed by atoms with Crippen LogP contribution in [0.2, 0.25) is 5.02 Å². The highest BCUT2D eigenvalue weighted by molar-refractivity contribution is 6.30. The lowest BCUT2D eigenvalue weighted by molar-refractivity contribution is -0.144. The Balaban J connectivity index is 1.70. The van der Waals surface area contributed by atoms with E-state index in [0.29, 0.717) is 24.7 Å². The number of rotatable bonds is 2. The molecule has 5 heteroatoms. The highest BCUT2D eigenvalue weighted by atomic mass is 35.5. The smallest absolute Gasteiger partial charge is 0.242 e. The first-order valence-corrected chi connectivity index (χ1v) is 7.92. The molecule has 1 aromatic rings. The maximum Gasteiger partial charge on any atom is 0.242 e. The molecule has 1 heterocycles. The number of hydrogen-bond donors (Lipinski definition) is 1. The third-order valence-electron chi connectivity index (χ3n) is 4.52. The summed E-state index contributed by atoms with van der Waals surface area (Å²) in [5.74, 6) is 0.0854. The summed E-state index contributed by atoms with van der Waals surface area (Å²) in [6.07, 6.45) is 3.61. The zero-order valence-corrected chi connectivity index (χ0v) is 12.8. The summed E-state index contributed by atoms with van der Waals surface area (Å²) >= 11 is 5.91. The molecule has 1 aromatic carbocycles. The largest absolute Gasteiger partial charge is 0.370 e. The van der Waals surface area contributed by atoms with Gasteiger partial charge >= 0.3 is 0 Å².